The van der Waals surface area contributed by atoms with Crippen LogP contribution in [-0.4, -0.2) is 36.1 Å². The Hall–Kier alpha value is -1.10. The van der Waals surface area contributed by atoms with Gasteiger partial charge in [-0.1, -0.05) is 23.7 Å². The Kier molecular flexibility index (Phi) is 4.48. The van der Waals surface area contributed by atoms with E-state index in [2.05, 4.69) is 5.32 Å². The van der Waals surface area contributed by atoms with Crippen molar-refractivity contribution in [2.45, 2.75) is 44.5 Å². The number of nitrogens with one attached hydrogen (secondary N) is 1. The second-order valence-electron chi connectivity index (χ2n) is 5.80. The average molecular weight is 309 g/mol. The first kappa shape index (κ1) is 14.8. The molecule has 0 spiro atoms. The molecule has 2 saturated heterocycles. The second kappa shape index (κ2) is 6.34. The predicted octanol–water partition coefficient (Wildman–Crippen LogP) is 2.73. The lowest BCUT2D eigenvalue weighted by atomic mass is 10.1. The summed E-state index contributed by atoms with van der Waals surface area (Å²) in [5.41, 5.74) is 1.03. The van der Waals surface area contributed by atoms with E-state index in [0.29, 0.717) is 11.1 Å². The molecule has 0 bridgehead atoms. The van der Waals surface area contributed by atoms with Crippen molar-refractivity contribution in [1.82, 2.24) is 10.2 Å². The summed E-state index contributed by atoms with van der Waals surface area (Å²) in [5.74, 6) is 0.151. The molecule has 4 nitrogen and oxygen atoms in total. The molecule has 21 heavy (non-hydrogen) atoms. The van der Waals surface area contributed by atoms with Crippen LogP contribution in [0.4, 0.5) is 0 Å². The molecule has 114 valence electrons. The molecular weight excluding hydrogens is 288 g/mol. The molecule has 0 radical (unpaired) electrons. The first-order chi connectivity index (χ1) is 10.1. The molecule has 2 aliphatic heterocycles. The molecule has 1 aromatic rings. The Morgan fingerprint density at radius 2 is 2.33 bits per heavy atom. The van der Waals surface area contributed by atoms with Gasteiger partial charge in [-0.05, 0) is 43.9 Å². The fourth-order valence-electron chi connectivity index (χ4n) is 3.12. The number of rotatable bonds is 4. The van der Waals surface area contributed by atoms with Crippen molar-refractivity contribution in [3.05, 3.63) is 34.9 Å². The lowest BCUT2D eigenvalue weighted by molar-refractivity contribution is -0.130. The van der Waals surface area contributed by atoms with Crippen LogP contribution in [0.2, 0.25) is 5.02 Å². The summed E-state index contributed by atoms with van der Waals surface area (Å²) in [4.78, 5) is 14.3. The van der Waals surface area contributed by atoms with E-state index in [1.54, 1.807) is 0 Å². The van der Waals surface area contributed by atoms with E-state index in [0.717, 1.165) is 38.0 Å². The molecule has 5 heteroatoms. The lowest BCUT2D eigenvalue weighted by Crippen LogP contribution is -2.33. The molecular formula is C16H21ClN2O2. The highest BCUT2D eigenvalue weighted by atomic mass is 35.5. The van der Waals surface area contributed by atoms with E-state index in [4.69, 9.17) is 16.3 Å². The molecule has 0 aliphatic carbocycles. The number of halogens is 1. The van der Waals surface area contributed by atoms with E-state index in [1.807, 2.05) is 36.1 Å². The minimum absolute atomic E-state index is 0.0902. The molecule has 3 rings (SSSR count). The number of ether oxygens (including phenoxy) is 1. The highest BCUT2D eigenvalue weighted by molar-refractivity contribution is 6.30. The molecule has 1 aromatic carbocycles. The molecule has 0 saturated carbocycles. The number of nitrogens with zero attached hydrogens (tertiary/aromatic N) is 1. The number of hydrogen-bond acceptors (Lipinski definition) is 3. The van der Waals surface area contributed by atoms with Crippen LogP contribution in [0.3, 0.4) is 0 Å². The maximum Gasteiger partial charge on any atom is 0.241 e. The van der Waals surface area contributed by atoms with E-state index in [1.165, 1.54) is 0 Å². The Bertz CT molecular complexity index is 517. The summed E-state index contributed by atoms with van der Waals surface area (Å²) >= 11 is 6.07. The van der Waals surface area contributed by atoms with Gasteiger partial charge >= 0.3 is 0 Å². The fraction of sp³-hybridized carbons (Fsp3) is 0.562. The summed E-state index contributed by atoms with van der Waals surface area (Å²) in [5, 5.41) is 4.04. The van der Waals surface area contributed by atoms with Crippen LogP contribution in [0.5, 0.6) is 0 Å². The van der Waals surface area contributed by atoms with Gasteiger partial charge in [0, 0.05) is 18.2 Å². The summed E-state index contributed by atoms with van der Waals surface area (Å²) < 4.78 is 5.66. The van der Waals surface area contributed by atoms with E-state index in [-0.39, 0.29) is 18.1 Å². The summed E-state index contributed by atoms with van der Waals surface area (Å²) in [6.07, 6.45) is 3.34. The van der Waals surface area contributed by atoms with Gasteiger partial charge in [0.25, 0.3) is 0 Å². The summed E-state index contributed by atoms with van der Waals surface area (Å²) in [7, 11) is 0. The van der Waals surface area contributed by atoms with Gasteiger partial charge in [0.15, 0.2) is 0 Å². The standard InChI is InChI=1S/C16H21ClN2O2/c1-11-16(20)19(8-7-14-6-3-9-21-14)15(18-11)12-4-2-5-13(17)10-12/h2,4-5,10-11,14-15,18H,3,6-9H2,1H3. The quantitative estimate of drug-likeness (QED) is 0.930. The Morgan fingerprint density at radius 1 is 1.48 bits per heavy atom. The van der Waals surface area contributed by atoms with E-state index < -0.39 is 0 Å². The fourth-order valence-corrected chi connectivity index (χ4v) is 3.32. The zero-order valence-electron chi connectivity index (χ0n) is 12.2. The Balaban J connectivity index is 1.72. The van der Waals surface area contributed by atoms with Gasteiger partial charge in [0.1, 0.15) is 6.17 Å². The van der Waals surface area contributed by atoms with Crippen molar-refractivity contribution in [2.75, 3.05) is 13.2 Å². The molecule has 1 N–H and O–H groups in total. The minimum atomic E-state index is -0.154. The monoisotopic (exact) mass is 308 g/mol. The molecule has 0 aromatic heterocycles. The highest BCUT2D eigenvalue weighted by Gasteiger charge is 2.37. The number of hydrogen-bond donors (Lipinski definition) is 1. The SMILES string of the molecule is CC1NC(c2cccc(Cl)c2)N(CCC2CCCO2)C1=O. The van der Waals surface area contributed by atoms with Crippen molar-refractivity contribution in [2.24, 2.45) is 0 Å². The Morgan fingerprint density at radius 3 is 3.05 bits per heavy atom. The van der Waals surface area contributed by atoms with Gasteiger partial charge in [-0.15, -0.1) is 0 Å². The molecule has 3 atom stereocenters. The van der Waals surface area contributed by atoms with Crippen LogP contribution in [0.15, 0.2) is 24.3 Å². The zero-order valence-corrected chi connectivity index (χ0v) is 13.0. The third-order valence-electron chi connectivity index (χ3n) is 4.25. The van der Waals surface area contributed by atoms with Crippen molar-refractivity contribution in [3.63, 3.8) is 0 Å². The van der Waals surface area contributed by atoms with Crippen molar-refractivity contribution >= 4 is 17.5 Å². The van der Waals surface area contributed by atoms with Gasteiger partial charge < -0.3 is 9.64 Å². The van der Waals surface area contributed by atoms with Crippen molar-refractivity contribution in [1.29, 1.82) is 0 Å². The van der Waals surface area contributed by atoms with Crippen molar-refractivity contribution < 1.29 is 9.53 Å². The molecule has 3 unspecified atom stereocenters. The number of benzene rings is 1. The normalized spacial score (nSPS) is 29.3. The van der Waals surface area contributed by atoms with Crippen LogP contribution in [0, 0.1) is 0 Å². The van der Waals surface area contributed by atoms with Gasteiger partial charge in [0.05, 0.1) is 12.1 Å². The van der Waals surface area contributed by atoms with Crippen LogP contribution in [0.25, 0.3) is 0 Å². The first-order valence-corrected chi connectivity index (χ1v) is 7.96. The van der Waals surface area contributed by atoms with E-state index in [9.17, 15) is 4.79 Å². The van der Waals surface area contributed by atoms with E-state index >= 15 is 0 Å². The largest absolute Gasteiger partial charge is 0.378 e. The highest BCUT2D eigenvalue weighted by Crippen LogP contribution is 2.28. The summed E-state index contributed by atoms with van der Waals surface area (Å²) in [6.45, 7) is 3.48. The molecule has 2 heterocycles. The van der Waals surface area contributed by atoms with Gasteiger partial charge in [-0.3, -0.25) is 10.1 Å². The average Bonchev–Trinajstić information content (AvgIpc) is 3.07. The molecule has 2 aliphatic rings. The zero-order chi connectivity index (χ0) is 14.8. The van der Waals surface area contributed by atoms with Gasteiger partial charge in [-0.25, -0.2) is 0 Å². The number of amides is 1. The smallest absolute Gasteiger partial charge is 0.241 e. The third-order valence-corrected chi connectivity index (χ3v) is 4.49. The topological polar surface area (TPSA) is 41.6 Å². The maximum absolute atomic E-state index is 12.4. The predicted molar refractivity (Wildman–Crippen MR) is 82.1 cm³/mol. The lowest BCUT2D eigenvalue weighted by Gasteiger charge is -2.25. The van der Waals surface area contributed by atoms with Crippen LogP contribution < -0.4 is 5.32 Å². The molecule has 1 amide bonds. The van der Waals surface area contributed by atoms with Crippen LogP contribution in [-0.2, 0) is 9.53 Å². The second-order valence-corrected chi connectivity index (χ2v) is 6.24. The maximum atomic E-state index is 12.4. The number of carbonyl (C=O) groups is 1. The minimum Gasteiger partial charge on any atom is -0.378 e. The third kappa shape index (κ3) is 3.23. The van der Waals surface area contributed by atoms with Gasteiger partial charge in [-0.2, -0.15) is 0 Å². The Labute approximate surface area is 130 Å². The number of carbonyl (C=O) groups excluding carboxylic acids is 1. The summed E-state index contributed by atoms with van der Waals surface area (Å²) in [6, 6.07) is 7.54. The van der Waals surface area contributed by atoms with Gasteiger partial charge in [0.2, 0.25) is 5.91 Å². The van der Waals surface area contributed by atoms with Crippen LogP contribution in [0.1, 0.15) is 37.9 Å². The van der Waals surface area contributed by atoms with Crippen LogP contribution >= 0.6 is 11.6 Å². The van der Waals surface area contributed by atoms with Crippen molar-refractivity contribution in [3.8, 4) is 0 Å². The first-order valence-electron chi connectivity index (χ1n) is 7.59. The molecule has 2 fully saturated rings.